The summed E-state index contributed by atoms with van der Waals surface area (Å²) in [6.45, 7) is 0.496. The van der Waals surface area contributed by atoms with Crippen molar-refractivity contribution in [2.45, 2.75) is 25.5 Å². The molecular formula is C14H14Cl3NO4. The van der Waals surface area contributed by atoms with Gasteiger partial charge in [0.2, 0.25) is 5.91 Å². The van der Waals surface area contributed by atoms with E-state index in [1.807, 2.05) is 0 Å². The lowest BCUT2D eigenvalue weighted by Crippen LogP contribution is -2.39. The Kier molecular flexibility index (Phi) is 5.78. The van der Waals surface area contributed by atoms with E-state index >= 15 is 0 Å². The molecule has 8 heteroatoms. The van der Waals surface area contributed by atoms with Crippen LogP contribution in [0.25, 0.3) is 0 Å². The van der Waals surface area contributed by atoms with Gasteiger partial charge < -0.3 is 14.4 Å². The van der Waals surface area contributed by atoms with Crippen LogP contribution in [0.4, 0.5) is 4.79 Å². The molecule has 1 saturated heterocycles. The average molecular weight is 367 g/mol. The summed E-state index contributed by atoms with van der Waals surface area (Å²) in [5.41, 5.74) is 0.463. The topological polar surface area (TPSA) is 55.8 Å². The molecule has 0 saturated carbocycles. The van der Waals surface area contributed by atoms with E-state index in [9.17, 15) is 9.59 Å². The maximum Gasteiger partial charge on any atom is 0.509 e. The lowest BCUT2D eigenvalue weighted by Gasteiger charge is -2.24. The van der Waals surface area contributed by atoms with E-state index in [0.29, 0.717) is 28.6 Å². The molecular weight excluding hydrogens is 353 g/mol. The van der Waals surface area contributed by atoms with Gasteiger partial charge in [-0.3, -0.25) is 4.79 Å². The second-order valence-electron chi connectivity index (χ2n) is 4.75. The number of rotatable bonds is 3. The van der Waals surface area contributed by atoms with Crippen LogP contribution in [0.3, 0.4) is 0 Å². The predicted octanol–water partition coefficient (Wildman–Crippen LogP) is 3.92. The first-order chi connectivity index (χ1) is 10.4. The summed E-state index contributed by atoms with van der Waals surface area (Å²) in [4.78, 5) is 25.1. The monoisotopic (exact) mass is 365 g/mol. The van der Waals surface area contributed by atoms with E-state index in [1.54, 1.807) is 12.1 Å². The zero-order valence-electron chi connectivity index (χ0n) is 11.8. The van der Waals surface area contributed by atoms with Gasteiger partial charge >= 0.3 is 6.16 Å². The largest absolute Gasteiger partial charge is 0.509 e. The van der Waals surface area contributed by atoms with Crippen LogP contribution >= 0.6 is 34.8 Å². The van der Waals surface area contributed by atoms with Gasteiger partial charge in [0.25, 0.3) is 0 Å². The summed E-state index contributed by atoms with van der Waals surface area (Å²) in [7, 11) is 1.22. The first-order valence-corrected chi connectivity index (χ1v) is 7.74. The molecule has 1 aliphatic heterocycles. The fourth-order valence-electron chi connectivity index (χ4n) is 2.29. The van der Waals surface area contributed by atoms with Crippen molar-refractivity contribution in [3.05, 3.63) is 32.8 Å². The molecule has 0 spiro atoms. The van der Waals surface area contributed by atoms with Gasteiger partial charge in [0.05, 0.1) is 23.6 Å². The summed E-state index contributed by atoms with van der Waals surface area (Å²) in [5.74, 6) is -0.238. The van der Waals surface area contributed by atoms with E-state index in [0.717, 1.165) is 6.42 Å². The predicted molar refractivity (Wildman–Crippen MR) is 83.4 cm³/mol. The molecule has 0 radical (unpaired) electrons. The summed E-state index contributed by atoms with van der Waals surface area (Å²) < 4.78 is 9.52. The van der Waals surface area contributed by atoms with E-state index in [2.05, 4.69) is 4.74 Å². The van der Waals surface area contributed by atoms with Gasteiger partial charge in [-0.1, -0.05) is 34.8 Å². The highest BCUT2D eigenvalue weighted by Gasteiger charge is 2.32. The van der Waals surface area contributed by atoms with Crippen LogP contribution in [0, 0.1) is 0 Å². The van der Waals surface area contributed by atoms with Crippen molar-refractivity contribution >= 4 is 46.9 Å². The highest BCUT2D eigenvalue weighted by molar-refractivity contribution is 6.44. The van der Waals surface area contributed by atoms with Gasteiger partial charge in [0, 0.05) is 23.6 Å². The number of benzene rings is 1. The number of ether oxygens (including phenoxy) is 2. The van der Waals surface area contributed by atoms with E-state index in [4.69, 9.17) is 39.5 Å². The Balaban J connectivity index is 2.12. The number of methoxy groups -OCH3 is 1. The zero-order valence-corrected chi connectivity index (χ0v) is 14.0. The smallest absolute Gasteiger partial charge is 0.438 e. The Labute approximate surface area is 143 Å². The van der Waals surface area contributed by atoms with Crippen LogP contribution in [0.5, 0.6) is 0 Å². The quantitative estimate of drug-likeness (QED) is 0.601. The van der Waals surface area contributed by atoms with E-state index in [-0.39, 0.29) is 17.4 Å². The summed E-state index contributed by atoms with van der Waals surface area (Å²) in [6.07, 6.45) is -0.151. The zero-order chi connectivity index (χ0) is 16.3. The van der Waals surface area contributed by atoms with Crippen LogP contribution in [-0.4, -0.2) is 36.8 Å². The number of hydrogen-bond acceptors (Lipinski definition) is 4. The summed E-state index contributed by atoms with van der Waals surface area (Å²) in [5, 5.41) is 0.956. The number of hydrogen-bond donors (Lipinski definition) is 0. The molecule has 1 heterocycles. The molecule has 2 rings (SSSR count). The van der Waals surface area contributed by atoms with Gasteiger partial charge in [0.15, 0.2) is 6.23 Å². The average Bonchev–Trinajstić information content (AvgIpc) is 2.95. The first-order valence-electron chi connectivity index (χ1n) is 6.60. The van der Waals surface area contributed by atoms with Gasteiger partial charge in [-0.15, -0.1) is 0 Å². The van der Waals surface area contributed by atoms with Crippen molar-refractivity contribution in [2.24, 2.45) is 0 Å². The molecule has 1 amide bonds. The van der Waals surface area contributed by atoms with E-state index in [1.165, 1.54) is 12.0 Å². The van der Waals surface area contributed by atoms with Crippen LogP contribution in [0.2, 0.25) is 15.1 Å². The molecule has 0 aliphatic carbocycles. The Morgan fingerprint density at radius 1 is 1.27 bits per heavy atom. The fraction of sp³-hybridized carbons (Fsp3) is 0.429. The van der Waals surface area contributed by atoms with E-state index < -0.39 is 12.4 Å². The van der Waals surface area contributed by atoms with Crippen molar-refractivity contribution in [3.63, 3.8) is 0 Å². The molecule has 1 atom stereocenters. The second kappa shape index (κ2) is 7.40. The molecule has 0 bridgehead atoms. The highest BCUT2D eigenvalue weighted by Crippen LogP contribution is 2.32. The number of carbonyl (C=O) groups excluding carboxylic acids is 2. The Bertz CT molecular complexity index is 594. The molecule has 1 aliphatic rings. The summed E-state index contributed by atoms with van der Waals surface area (Å²) in [6, 6.07) is 3.16. The molecule has 0 aromatic heterocycles. The molecule has 1 aromatic rings. The number of nitrogens with zero attached hydrogens (tertiary/aromatic N) is 1. The summed E-state index contributed by atoms with van der Waals surface area (Å²) >= 11 is 18.1. The van der Waals surface area contributed by atoms with Crippen molar-refractivity contribution < 1.29 is 19.1 Å². The minimum absolute atomic E-state index is 0.0146. The molecule has 120 valence electrons. The van der Waals surface area contributed by atoms with Gasteiger partial charge in [-0.25, -0.2) is 4.79 Å². The Morgan fingerprint density at radius 2 is 1.95 bits per heavy atom. The molecule has 22 heavy (non-hydrogen) atoms. The van der Waals surface area contributed by atoms with Crippen LogP contribution in [0.15, 0.2) is 12.1 Å². The molecule has 1 fully saturated rings. The lowest BCUT2D eigenvalue weighted by atomic mass is 10.1. The Morgan fingerprint density at radius 3 is 2.64 bits per heavy atom. The SMILES string of the molecule is COC(=O)OC1CCCN1C(=O)Cc1c(Cl)ccc(Cl)c1Cl. The van der Waals surface area contributed by atoms with Crippen LogP contribution in [-0.2, 0) is 20.7 Å². The van der Waals surface area contributed by atoms with Crippen LogP contribution in [0.1, 0.15) is 18.4 Å². The standard InChI is InChI=1S/C14H14Cl3NO4/c1-21-14(20)22-12-3-2-6-18(12)11(19)7-8-9(15)4-5-10(16)13(8)17/h4-5,12H,2-3,6-7H2,1H3. The number of likely N-dealkylation sites (tertiary alicyclic amines) is 1. The number of amides is 1. The molecule has 1 aromatic carbocycles. The molecule has 1 unspecified atom stereocenters. The van der Waals surface area contributed by atoms with Crippen molar-refractivity contribution in [3.8, 4) is 0 Å². The maximum absolute atomic E-state index is 12.4. The lowest BCUT2D eigenvalue weighted by molar-refractivity contribution is -0.138. The fourth-order valence-corrected chi connectivity index (χ4v) is 2.97. The Hall–Kier alpha value is -1.17. The van der Waals surface area contributed by atoms with Gasteiger partial charge in [-0.05, 0) is 18.6 Å². The highest BCUT2D eigenvalue weighted by atomic mass is 35.5. The van der Waals surface area contributed by atoms with Crippen molar-refractivity contribution in [1.82, 2.24) is 4.90 Å². The van der Waals surface area contributed by atoms with Crippen molar-refractivity contribution in [2.75, 3.05) is 13.7 Å². The first kappa shape index (κ1) is 17.2. The number of carbonyl (C=O) groups is 2. The van der Waals surface area contributed by atoms with Crippen LogP contribution < -0.4 is 0 Å². The minimum Gasteiger partial charge on any atom is -0.438 e. The molecule has 5 nitrogen and oxygen atoms in total. The minimum atomic E-state index is -0.816. The van der Waals surface area contributed by atoms with Crippen molar-refractivity contribution in [1.29, 1.82) is 0 Å². The maximum atomic E-state index is 12.4. The second-order valence-corrected chi connectivity index (χ2v) is 5.95. The third kappa shape index (κ3) is 3.77. The van der Waals surface area contributed by atoms with Gasteiger partial charge in [-0.2, -0.15) is 0 Å². The van der Waals surface area contributed by atoms with Gasteiger partial charge in [0.1, 0.15) is 0 Å². The third-order valence-electron chi connectivity index (χ3n) is 3.38. The number of halogens is 3. The normalized spacial score (nSPS) is 17.5. The molecule has 0 N–H and O–H groups in total. The third-order valence-corrected chi connectivity index (χ3v) is 4.58.